The van der Waals surface area contributed by atoms with Gasteiger partial charge in [0.2, 0.25) is 0 Å². The lowest BCUT2D eigenvalue weighted by Crippen LogP contribution is -2.34. The molecule has 1 fully saturated rings. The Hall–Kier alpha value is -0.0000000000000000555. The number of hydrogen-bond donors (Lipinski definition) is 1. The SMILES string of the molecule is CCn1nc(C)c(Br)c1CNC1CCCC1SC. The lowest BCUT2D eigenvalue weighted by atomic mass is 10.2. The summed E-state index contributed by atoms with van der Waals surface area (Å²) in [5.41, 5.74) is 2.36. The van der Waals surface area contributed by atoms with Crippen LogP contribution in [-0.4, -0.2) is 27.3 Å². The van der Waals surface area contributed by atoms with E-state index in [9.17, 15) is 0 Å². The second-order valence-electron chi connectivity index (χ2n) is 4.85. The van der Waals surface area contributed by atoms with Gasteiger partial charge in [-0.25, -0.2) is 0 Å². The quantitative estimate of drug-likeness (QED) is 0.897. The number of hydrogen-bond acceptors (Lipinski definition) is 3. The average molecular weight is 332 g/mol. The van der Waals surface area contributed by atoms with Crippen molar-refractivity contribution in [1.82, 2.24) is 15.1 Å². The Morgan fingerprint density at radius 2 is 2.28 bits per heavy atom. The van der Waals surface area contributed by atoms with Crippen molar-refractivity contribution in [3.63, 3.8) is 0 Å². The van der Waals surface area contributed by atoms with Crippen LogP contribution < -0.4 is 5.32 Å². The van der Waals surface area contributed by atoms with E-state index in [1.54, 1.807) is 0 Å². The lowest BCUT2D eigenvalue weighted by Gasteiger charge is -2.19. The molecule has 1 aliphatic carbocycles. The molecule has 0 aliphatic heterocycles. The van der Waals surface area contributed by atoms with Crippen LogP contribution in [0.5, 0.6) is 0 Å². The molecule has 5 heteroatoms. The fourth-order valence-corrected chi connectivity index (χ4v) is 4.09. The molecule has 0 aromatic carbocycles. The highest BCUT2D eigenvalue weighted by atomic mass is 79.9. The molecule has 0 amide bonds. The highest BCUT2D eigenvalue weighted by molar-refractivity contribution is 9.10. The lowest BCUT2D eigenvalue weighted by molar-refractivity contribution is 0.503. The van der Waals surface area contributed by atoms with Gasteiger partial charge in [0.05, 0.1) is 15.9 Å². The van der Waals surface area contributed by atoms with E-state index in [0.29, 0.717) is 6.04 Å². The maximum absolute atomic E-state index is 4.54. The molecule has 3 nitrogen and oxygen atoms in total. The molecule has 18 heavy (non-hydrogen) atoms. The van der Waals surface area contributed by atoms with E-state index in [4.69, 9.17) is 0 Å². The zero-order valence-electron chi connectivity index (χ0n) is 11.4. The molecule has 1 saturated carbocycles. The van der Waals surface area contributed by atoms with E-state index in [1.165, 1.54) is 25.0 Å². The third kappa shape index (κ3) is 2.94. The fraction of sp³-hybridized carbons (Fsp3) is 0.769. The van der Waals surface area contributed by atoms with Crippen LogP contribution in [0.2, 0.25) is 0 Å². The van der Waals surface area contributed by atoms with Gasteiger partial charge in [-0.1, -0.05) is 6.42 Å². The third-order valence-corrected chi connectivity index (χ3v) is 5.94. The number of nitrogens with zero attached hydrogens (tertiary/aromatic N) is 2. The van der Waals surface area contributed by atoms with Crippen molar-refractivity contribution < 1.29 is 0 Å². The van der Waals surface area contributed by atoms with Crippen molar-refractivity contribution in [3.05, 3.63) is 15.9 Å². The normalized spacial score (nSPS) is 23.8. The Kier molecular flexibility index (Phi) is 5.15. The summed E-state index contributed by atoms with van der Waals surface area (Å²) >= 11 is 5.65. The first-order valence-electron chi connectivity index (χ1n) is 6.65. The number of halogens is 1. The number of aromatic nitrogens is 2. The number of nitrogens with one attached hydrogen (secondary N) is 1. The second kappa shape index (κ2) is 6.44. The molecule has 0 radical (unpaired) electrons. The Bertz CT molecular complexity index is 405. The van der Waals surface area contributed by atoms with E-state index in [1.807, 2.05) is 11.8 Å². The predicted molar refractivity (Wildman–Crippen MR) is 82.1 cm³/mol. The summed E-state index contributed by atoms with van der Waals surface area (Å²) in [7, 11) is 0. The maximum Gasteiger partial charge on any atom is 0.0739 e. The Balaban J connectivity index is 2.01. The van der Waals surface area contributed by atoms with Gasteiger partial charge in [-0.05, 0) is 48.9 Å². The van der Waals surface area contributed by atoms with Gasteiger partial charge in [-0.2, -0.15) is 16.9 Å². The Labute approximate surface area is 122 Å². The van der Waals surface area contributed by atoms with Crippen molar-refractivity contribution in [2.45, 2.75) is 57.5 Å². The number of thioether (sulfide) groups is 1. The molecular weight excluding hydrogens is 310 g/mol. The molecule has 2 unspecified atom stereocenters. The monoisotopic (exact) mass is 331 g/mol. The van der Waals surface area contributed by atoms with E-state index in [2.05, 4.69) is 51.1 Å². The molecule has 1 aromatic rings. The maximum atomic E-state index is 4.54. The molecule has 0 saturated heterocycles. The third-order valence-electron chi connectivity index (χ3n) is 3.74. The van der Waals surface area contributed by atoms with Gasteiger partial charge in [-0.3, -0.25) is 4.68 Å². The van der Waals surface area contributed by atoms with E-state index < -0.39 is 0 Å². The molecule has 2 rings (SSSR count). The summed E-state index contributed by atoms with van der Waals surface area (Å²) in [6.07, 6.45) is 6.24. The van der Waals surface area contributed by atoms with Crippen molar-refractivity contribution in [2.75, 3.05) is 6.26 Å². The van der Waals surface area contributed by atoms with Crippen LogP contribution in [0.3, 0.4) is 0 Å². The smallest absolute Gasteiger partial charge is 0.0739 e. The van der Waals surface area contributed by atoms with Gasteiger partial charge < -0.3 is 5.32 Å². The number of aryl methyl sites for hydroxylation is 2. The van der Waals surface area contributed by atoms with Crippen LogP contribution in [0.4, 0.5) is 0 Å². The van der Waals surface area contributed by atoms with Crippen LogP contribution in [0.25, 0.3) is 0 Å². The van der Waals surface area contributed by atoms with Gasteiger partial charge in [0.15, 0.2) is 0 Å². The standard InChI is InChI=1S/C13H22BrN3S/c1-4-17-11(13(14)9(2)16-17)8-15-10-6-5-7-12(10)18-3/h10,12,15H,4-8H2,1-3H3. The number of rotatable bonds is 5. The molecule has 1 aliphatic rings. The largest absolute Gasteiger partial charge is 0.307 e. The minimum Gasteiger partial charge on any atom is -0.307 e. The summed E-state index contributed by atoms with van der Waals surface area (Å²) in [6.45, 7) is 6.04. The fourth-order valence-electron chi connectivity index (χ4n) is 2.71. The summed E-state index contributed by atoms with van der Waals surface area (Å²) < 4.78 is 3.26. The van der Waals surface area contributed by atoms with Crippen molar-refractivity contribution in [2.24, 2.45) is 0 Å². The van der Waals surface area contributed by atoms with Gasteiger partial charge in [0.25, 0.3) is 0 Å². The molecule has 102 valence electrons. The van der Waals surface area contributed by atoms with Gasteiger partial charge in [0, 0.05) is 24.4 Å². The summed E-state index contributed by atoms with van der Waals surface area (Å²) in [4.78, 5) is 0. The first-order valence-corrected chi connectivity index (χ1v) is 8.73. The zero-order valence-corrected chi connectivity index (χ0v) is 13.8. The van der Waals surface area contributed by atoms with Gasteiger partial charge >= 0.3 is 0 Å². The zero-order chi connectivity index (χ0) is 13.1. The highest BCUT2D eigenvalue weighted by Gasteiger charge is 2.26. The van der Waals surface area contributed by atoms with E-state index in [-0.39, 0.29) is 0 Å². The first-order chi connectivity index (χ1) is 8.67. The van der Waals surface area contributed by atoms with Crippen molar-refractivity contribution in [3.8, 4) is 0 Å². The summed E-state index contributed by atoms with van der Waals surface area (Å²) in [6, 6.07) is 0.660. The molecule has 1 aromatic heterocycles. The van der Waals surface area contributed by atoms with Crippen molar-refractivity contribution >= 4 is 27.7 Å². The molecule has 1 N–H and O–H groups in total. The summed E-state index contributed by atoms with van der Waals surface area (Å²) in [5, 5.41) is 9.03. The van der Waals surface area contributed by atoms with Crippen molar-refractivity contribution in [1.29, 1.82) is 0 Å². The summed E-state index contributed by atoms with van der Waals surface area (Å²) in [5.74, 6) is 0. The van der Waals surface area contributed by atoms with Crippen LogP contribution in [0, 0.1) is 6.92 Å². The highest BCUT2D eigenvalue weighted by Crippen LogP contribution is 2.29. The van der Waals surface area contributed by atoms with Crippen LogP contribution >= 0.6 is 27.7 Å². The van der Waals surface area contributed by atoms with Gasteiger partial charge in [-0.15, -0.1) is 0 Å². The van der Waals surface area contributed by atoms with Crippen LogP contribution in [-0.2, 0) is 13.1 Å². The van der Waals surface area contributed by atoms with Crippen LogP contribution in [0.15, 0.2) is 4.47 Å². The topological polar surface area (TPSA) is 29.9 Å². The van der Waals surface area contributed by atoms with Crippen LogP contribution in [0.1, 0.15) is 37.6 Å². The van der Waals surface area contributed by atoms with E-state index >= 15 is 0 Å². The minimum absolute atomic E-state index is 0.660. The van der Waals surface area contributed by atoms with Gasteiger partial charge in [0.1, 0.15) is 0 Å². The molecular formula is C13H22BrN3S. The molecule has 0 spiro atoms. The Morgan fingerprint density at radius 1 is 1.50 bits per heavy atom. The van der Waals surface area contributed by atoms with E-state index in [0.717, 1.165) is 28.5 Å². The minimum atomic E-state index is 0.660. The molecule has 2 atom stereocenters. The Morgan fingerprint density at radius 3 is 2.94 bits per heavy atom. The second-order valence-corrected chi connectivity index (χ2v) is 6.72. The first kappa shape index (κ1) is 14.4. The average Bonchev–Trinajstić information content (AvgIpc) is 2.93. The molecule has 0 bridgehead atoms. The predicted octanol–water partition coefficient (Wildman–Crippen LogP) is 3.35. The molecule has 1 heterocycles.